The Morgan fingerprint density at radius 1 is 1.36 bits per heavy atom. The first-order valence-corrected chi connectivity index (χ1v) is 14.3. The molecule has 1 heterocycles. The largest absolute Gasteiger partial charge is 0.496 e. The number of fused-ring (bicyclic) bond motifs is 1. The molecule has 1 aromatic rings. The van der Waals surface area contributed by atoms with E-state index in [0.717, 1.165) is 28.0 Å². The maximum atomic E-state index is 12.5. The van der Waals surface area contributed by atoms with Gasteiger partial charge in [0.15, 0.2) is 0 Å². The highest BCUT2D eigenvalue weighted by Gasteiger charge is 2.34. The summed E-state index contributed by atoms with van der Waals surface area (Å²) in [5, 5.41) is 9.75. The number of allylic oxidation sites excluding steroid dienone is 1. The van der Waals surface area contributed by atoms with Crippen LogP contribution < -0.4 is 15.0 Å². The van der Waals surface area contributed by atoms with Crippen LogP contribution in [0.5, 0.6) is 11.5 Å². The molecule has 33 heavy (non-hydrogen) atoms. The van der Waals surface area contributed by atoms with Crippen LogP contribution in [0.15, 0.2) is 11.6 Å². The number of benzene rings is 1. The molecule has 1 N–H and O–H groups in total. The summed E-state index contributed by atoms with van der Waals surface area (Å²) in [6.07, 6.45) is 2.74. The first-order chi connectivity index (χ1) is 15.9. The monoisotopic (exact) mass is 590 g/mol. The van der Waals surface area contributed by atoms with E-state index in [1.165, 1.54) is 0 Å². The van der Waals surface area contributed by atoms with E-state index in [1.54, 1.807) is 16.0 Å². The molecule has 0 amide bonds. The second-order valence-corrected chi connectivity index (χ2v) is 9.89. The summed E-state index contributed by atoms with van der Waals surface area (Å²) >= 11 is 2.21. The van der Waals surface area contributed by atoms with E-state index in [4.69, 9.17) is 23.8 Å². The number of carbonyl (C=O) groups excluding carboxylic acids is 1. The molecule has 0 fully saturated rings. The van der Waals surface area contributed by atoms with Crippen molar-refractivity contribution in [1.82, 2.24) is 5.48 Å². The quantitative estimate of drug-likeness (QED) is 0.0818. The molecule has 182 valence electrons. The van der Waals surface area contributed by atoms with Crippen molar-refractivity contribution in [3.05, 3.63) is 33.9 Å². The van der Waals surface area contributed by atoms with Gasteiger partial charge >= 0.3 is 5.97 Å². The van der Waals surface area contributed by atoms with E-state index in [1.807, 2.05) is 33.8 Å². The van der Waals surface area contributed by atoms with Crippen LogP contribution in [0.1, 0.15) is 54.2 Å². The Morgan fingerprint density at radius 3 is 2.73 bits per heavy atom. The maximum Gasteiger partial charge on any atom is 0.342 e. The van der Waals surface area contributed by atoms with Crippen molar-refractivity contribution in [2.45, 2.75) is 52.9 Å². The Balaban J connectivity index is 2.43. The molecule has 1 aliphatic rings. The zero-order valence-corrected chi connectivity index (χ0v) is 22.7. The minimum Gasteiger partial charge on any atom is -0.496 e. The first kappa shape index (κ1) is 27.7. The third-order valence-corrected chi connectivity index (χ3v) is 6.81. The topological polar surface area (TPSA) is 99.0 Å². The number of cyclic esters (lactones) is 1. The van der Waals surface area contributed by atoms with Gasteiger partial charge in [-0.15, -0.1) is 0 Å². The first-order valence-electron chi connectivity index (χ1n) is 10.7. The SMILES string of the molecule is CCONC(C#N)(C/C(C)=C/Cc1c(OC)c(C)c2c(c1OCCSI)C(=O)OC2)OCC. The molecule has 0 bridgehead atoms. The number of rotatable bonds is 14. The average molecular weight is 590 g/mol. The van der Waals surface area contributed by atoms with Gasteiger partial charge < -0.3 is 18.9 Å². The van der Waals surface area contributed by atoms with Gasteiger partial charge in [0, 0.05) is 29.9 Å². The summed E-state index contributed by atoms with van der Waals surface area (Å²) in [7, 11) is 3.24. The second kappa shape index (κ2) is 13.4. The van der Waals surface area contributed by atoms with E-state index in [-0.39, 0.29) is 12.6 Å². The number of hydrogen-bond donors (Lipinski definition) is 1. The second-order valence-electron chi connectivity index (χ2n) is 7.40. The van der Waals surface area contributed by atoms with E-state index in [9.17, 15) is 10.1 Å². The fourth-order valence-electron chi connectivity index (χ4n) is 3.73. The molecule has 0 spiro atoms. The maximum absolute atomic E-state index is 12.5. The van der Waals surface area contributed by atoms with Gasteiger partial charge in [0.1, 0.15) is 29.7 Å². The summed E-state index contributed by atoms with van der Waals surface area (Å²) in [5.41, 5.74) is 5.30. The number of ether oxygens (including phenoxy) is 4. The van der Waals surface area contributed by atoms with Crippen molar-refractivity contribution in [2.24, 2.45) is 0 Å². The van der Waals surface area contributed by atoms with Gasteiger partial charge in [0.05, 0.1) is 20.3 Å². The van der Waals surface area contributed by atoms with Crippen LogP contribution in [0.4, 0.5) is 0 Å². The molecule has 0 saturated heterocycles. The molecular formula is C23H31IN2O6S. The number of esters is 1. The van der Waals surface area contributed by atoms with E-state index in [2.05, 4.69) is 32.8 Å². The van der Waals surface area contributed by atoms with Crippen molar-refractivity contribution >= 4 is 36.1 Å². The lowest BCUT2D eigenvalue weighted by Gasteiger charge is -2.27. The summed E-state index contributed by atoms with van der Waals surface area (Å²) < 4.78 is 22.8. The normalized spacial score (nSPS) is 14.9. The van der Waals surface area contributed by atoms with Crippen LogP contribution >= 0.6 is 30.1 Å². The van der Waals surface area contributed by atoms with Crippen molar-refractivity contribution in [3.8, 4) is 17.6 Å². The van der Waals surface area contributed by atoms with Crippen LogP contribution in [0.3, 0.4) is 0 Å². The number of carbonyl (C=O) groups is 1. The highest BCUT2D eigenvalue weighted by molar-refractivity contribution is 14.2. The number of hydroxylamine groups is 1. The molecule has 1 aromatic carbocycles. The van der Waals surface area contributed by atoms with Crippen LogP contribution in [-0.2, 0) is 27.3 Å². The van der Waals surface area contributed by atoms with Gasteiger partial charge in [-0.1, -0.05) is 20.6 Å². The van der Waals surface area contributed by atoms with Gasteiger partial charge in [0.25, 0.3) is 0 Å². The predicted molar refractivity (Wildman–Crippen MR) is 136 cm³/mol. The number of nitrogens with zero attached hydrogens (tertiary/aromatic N) is 1. The number of hydrogen-bond acceptors (Lipinski definition) is 9. The predicted octanol–water partition coefficient (Wildman–Crippen LogP) is 4.81. The van der Waals surface area contributed by atoms with E-state index in [0.29, 0.717) is 49.7 Å². The highest BCUT2D eigenvalue weighted by atomic mass is 127. The lowest BCUT2D eigenvalue weighted by Crippen LogP contribution is -2.46. The molecule has 10 heteroatoms. The van der Waals surface area contributed by atoms with Gasteiger partial charge in [-0.3, -0.25) is 4.84 Å². The Kier molecular flexibility index (Phi) is 11.2. The Labute approximate surface area is 211 Å². The zero-order chi connectivity index (χ0) is 24.4. The molecule has 0 aliphatic carbocycles. The number of nitrogens with one attached hydrogen (secondary N) is 1. The Morgan fingerprint density at radius 2 is 2.12 bits per heavy atom. The summed E-state index contributed by atoms with van der Waals surface area (Å²) in [6, 6.07) is 2.18. The van der Waals surface area contributed by atoms with Crippen molar-refractivity contribution in [3.63, 3.8) is 0 Å². The lowest BCUT2D eigenvalue weighted by atomic mass is 9.94. The van der Waals surface area contributed by atoms with Crippen molar-refractivity contribution in [2.75, 3.05) is 32.7 Å². The number of nitriles is 1. The average Bonchev–Trinajstić information content (AvgIpc) is 3.19. The molecule has 8 nitrogen and oxygen atoms in total. The molecule has 0 aromatic heterocycles. The Bertz CT molecular complexity index is 917. The molecule has 1 unspecified atom stereocenters. The lowest BCUT2D eigenvalue weighted by molar-refractivity contribution is -0.127. The van der Waals surface area contributed by atoms with Gasteiger partial charge in [-0.2, -0.15) is 10.7 Å². The minimum atomic E-state index is -1.29. The van der Waals surface area contributed by atoms with Gasteiger partial charge in [-0.25, -0.2) is 4.79 Å². The molecule has 0 radical (unpaired) electrons. The third kappa shape index (κ3) is 6.76. The number of halogens is 1. The summed E-state index contributed by atoms with van der Waals surface area (Å²) in [5.74, 6) is 1.58. The number of methoxy groups -OCH3 is 1. The Hall–Kier alpha value is -1.52. The molecular weight excluding hydrogens is 559 g/mol. The summed E-state index contributed by atoms with van der Waals surface area (Å²) in [4.78, 5) is 17.8. The smallest absolute Gasteiger partial charge is 0.342 e. The molecule has 1 atom stereocenters. The van der Waals surface area contributed by atoms with Crippen molar-refractivity contribution < 1.29 is 28.6 Å². The third-order valence-electron chi connectivity index (χ3n) is 5.17. The fraction of sp³-hybridized carbons (Fsp3) is 0.565. The molecule has 0 saturated carbocycles. The van der Waals surface area contributed by atoms with Crippen LogP contribution in [0.2, 0.25) is 0 Å². The van der Waals surface area contributed by atoms with Gasteiger partial charge in [0.2, 0.25) is 5.72 Å². The summed E-state index contributed by atoms with van der Waals surface area (Å²) in [6.45, 7) is 8.92. The zero-order valence-electron chi connectivity index (χ0n) is 19.7. The van der Waals surface area contributed by atoms with Crippen molar-refractivity contribution in [1.29, 1.82) is 5.26 Å². The van der Waals surface area contributed by atoms with Crippen LogP contribution in [0, 0.1) is 18.3 Å². The van der Waals surface area contributed by atoms with E-state index >= 15 is 0 Å². The van der Waals surface area contributed by atoms with Crippen LogP contribution in [-0.4, -0.2) is 44.4 Å². The molecule has 2 rings (SSSR count). The highest BCUT2D eigenvalue weighted by Crippen LogP contribution is 2.43. The molecule has 1 aliphatic heterocycles. The minimum absolute atomic E-state index is 0.213. The van der Waals surface area contributed by atoms with E-state index < -0.39 is 5.72 Å². The van der Waals surface area contributed by atoms with Crippen LogP contribution in [0.25, 0.3) is 0 Å². The fourth-order valence-corrected chi connectivity index (χ4v) is 4.42. The van der Waals surface area contributed by atoms with Gasteiger partial charge in [-0.05, 0) is 60.9 Å². The standard InChI is InChI=1S/C23H31IN2O6S/c1-6-31-23(14-25,26-32-7-2)12-15(3)8-9-17-20(28-5)16(4)18-13-30-22(27)19(18)21(17)29-10-11-33-24/h8,26H,6-7,9-13H2,1-5H3/b15-8+.